The number of carboxylic acids is 1. The number of carbonyl (C=O) groups is 1. The summed E-state index contributed by atoms with van der Waals surface area (Å²) in [6.07, 6.45) is -4.55. The standard InChI is InChI=1S/C8H10F3N3O2S/c1-4(2-5(15)16)3-12-7-14-13-6(17-7)8(9,10)11/h4H,2-3H2,1H3,(H,12,14)(H,15,16). The Morgan fingerprint density at radius 1 is 1.53 bits per heavy atom. The number of rotatable bonds is 5. The largest absolute Gasteiger partial charge is 0.481 e. The molecule has 1 atom stereocenters. The van der Waals surface area contributed by atoms with Crippen LogP contribution in [0.5, 0.6) is 0 Å². The van der Waals surface area contributed by atoms with Crippen LogP contribution in [0.1, 0.15) is 18.4 Å². The van der Waals surface area contributed by atoms with Gasteiger partial charge in [0.05, 0.1) is 0 Å². The summed E-state index contributed by atoms with van der Waals surface area (Å²) in [5, 5.41) is 16.4. The fourth-order valence-electron chi connectivity index (χ4n) is 1.04. The number of nitrogens with one attached hydrogen (secondary N) is 1. The van der Waals surface area contributed by atoms with E-state index in [0.717, 1.165) is 0 Å². The highest BCUT2D eigenvalue weighted by molar-refractivity contribution is 7.15. The molecule has 0 saturated carbocycles. The molecule has 96 valence electrons. The highest BCUT2D eigenvalue weighted by Crippen LogP contribution is 2.32. The predicted molar refractivity (Wildman–Crippen MR) is 54.8 cm³/mol. The molecule has 1 aromatic rings. The van der Waals surface area contributed by atoms with E-state index in [1.54, 1.807) is 6.92 Å². The summed E-state index contributed by atoms with van der Waals surface area (Å²) in [5.74, 6) is -1.15. The molecule has 1 rings (SSSR count). The van der Waals surface area contributed by atoms with Gasteiger partial charge in [-0.25, -0.2) is 0 Å². The predicted octanol–water partition coefficient (Wildman–Crippen LogP) is 2.08. The van der Waals surface area contributed by atoms with E-state index in [1.165, 1.54) is 0 Å². The van der Waals surface area contributed by atoms with Gasteiger partial charge in [0, 0.05) is 13.0 Å². The van der Waals surface area contributed by atoms with Crippen molar-refractivity contribution in [1.82, 2.24) is 10.2 Å². The fourth-order valence-corrected chi connectivity index (χ4v) is 1.66. The minimum Gasteiger partial charge on any atom is -0.481 e. The summed E-state index contributed by atoms with van der Waals surface area (Å²) in [7, 11) is 0. The highest BCUT2D eigenvalue weighted by Gasteiger charge is 2.35. The maximum Gasteiger partial charge on any atom is 0.445 e. The van der Waals surface area contributed by atoms with E-state index >= 15 is 0 Å². The number of hydrogen-bond acceptors (Lipinski definition) is 5. The lowest BCUT2D eigenvalue weighted by molar-refractivity contribution is -0.138. The zero-order valence-corrected chi connectivity index (χ0v) is 9.60. The number of alkyl halides is 3. The van der Waals surface area contributed by atoms with Gasteiger partial charge >= 0.3 is 12.1 Å². The molecule has 0 aliphatic rings. The van der Waals surface area contributed by atoms with E-state index in [9.17, 15) is 18.0 Å². The normalized spacial score (nSPS) is 13.4. The molecule has 5 nitrogen and oxygen atoms in total. The van der Waals surface area contributed by atoms with E-state index < -0.39 is 17.2 Å². The molecule has 0 amide bonds. The van der Waals surface area contributed by atoms with Crippen LogP contribution in [0.15, 0.2) is 0 Å². The van der Waals surface area contributed by atoms with Crippen LogP contribution in [0.2, 0.25) is 0 Å². The van der Waals surface area contributed by atoms with Gasteiger partial charge in [0.15, 0.2) is 0 Å². The molecule has 1 unspecified atom stereocenters. The number of nitrogens with zero attached hydrogens (tertiary/aromatic N) is 2. The van der Waals surface area contributed by atoms with Crippen molar-refractivity contribution in [3.63, 3.8) is 0 Å². The van der Waals surface area contributed by atoms with E-state index in [0.29, 0.717) is 11.3 Å². The maximum atomic E-state index is 12.2. The minimum atomic E-state index is -4.50. The van der Waals surface area contributed by atoms with Gasteiger partial charge in [0.1, 0.15) is 0 Å². The van der Waals surface area contributed by atoms with E-state index in [2.05, 4.69) is 15.5 Å². The zero-order chi connectivity index (χ0) is 13.1. The first kappa shape index (κ1) is 13.7. The Morgan fingerprint density at radius 3 is 2.65 bits per heavy atom. The first-order valence-electron chi connectivity index (χ1n) is 4.65. The molecule has 0 saturated heterocycles. The summed E-state index contributed by atoms with van der Waals surface area (Å²) in [6.45, 7) is 1.91. The van der Waals surface area contributed by atoms with Crippen LogP contribution in [0.3, 0.4) is 0 Å². The lowest BCUT2D eigenvalue weighted by Gasteiger charge is -2.08. The van der Waals surface area contributed by atoms with Gasteiger partial charge in [-0.15, -0.1) is 10.2 Å². The van der Waals surface area contributed by atoms with Gasteiger partial charge < -0.3 is 10.4 Å². The molecule has 1 aromatic heterocycles. The van der Waals surface area contributed by atoms with Crippen molar-refractivity contribution in [3.05, 3.63) is 5.01 Å². The van der Waals surface area contributed by atoms with Gasteiger partial charge in [0.2, 0.25) is 10.1 Å². The molecule has 0 radical (unpaired) electrons. The average molecular weight is 269 g/mol. The Labute approximate surface area is 98.7 Å². The molecule has 0 aliphatic carbocycles. The number of carboxylic acid groups (broad SMARTS) is 1. The molecule has 0 fully saturated rings. The number of aliphatic carboxylic acids is 1. The molecule has 17 heavy (non-hydrogen) atoms. The van der Waals surface area contributed by atoms with Crippen molar-refractivity contribution < 1.29 is 23.1 Å². The van der Waals surface area contributed by atoms with Crippen LogP contribution in [0.4, 0.5) is 18.3 Å². The van der Waals surface area contributed by atoms with Gasteiger partial charge in [0.25, 0.3) is 0 Å². The van der Waals surface area contributed by atoms with E-state index in [1.807, 2.05) is 0 Å². The number of anilines is 1. The van der Waals surface area contributed by atoms with Crippen molar-refractivity contribution in [3.8, 4) is 0 Å². The van der Waals surface area contributed by atoms with E-state index in [4.69, 9.17) is 5.11 Å². The van der Waals surface area contributed by atoms with Crippen molar-refractivity contribution in [2.75, 3.05) is 11.9 Å². The summed E-state index contributed by atoms with van der Waals surface area (Å²) in [4.78, 5) is 10.4. The van der Waals surface area contributed by atoms with Gasteiger partial charge in [-0.3, -0.25) is 4.79 Å². The molecule has 1 heterocycles. The molecule has 2 N–H and O–H groups in total. The summed E-state index contributed by atoms with van der Waals surface area (Å²) < 4.78 is 36.5. The second-order valence-corrected chi connectivity index (χ2v) is 4.47. The van der Waals surface area contributed by atoms with Crippen molar-refractivity contribution >= 4 is 22.4 Å². The Morgan fingerprint density at radius 2 is 2.18 bits per heavy atom. The van der Waals surface area contributed by atoms with Crippen LogP contribution in [0, 0.1) is 5.92 Å². The minimum absolute atomic E-state index is 0.0366. The Kier molecular flexibility index (Phi) is 4.27. The average Bonchev–Trinajstić information content (AvgIpc) is 2.61. The first-order valence-corrected chi connectivity index (χ1v) is 5.47. The second kappa shape index (κ2) is 5.30. The van der Waals surface area contributed by atoms with Crippen molar-refractivity contribution in [1.29, 1.82) is 0 Å². The molecule has 0 aromatic carbocycles. The van der Waals surface area contributed by atoms with Crippen LogP contribution < -0.4 is 5.32 Å². The third-order valence-electron chi connectivity index (χ3n) is 1.79. The second-order valence-electron chi connectivity index (χ2n) is 3.49. The van der Waals surface area contributed by atoms with E-state index in [-0.39, 0.29) is 24.0 Å². The molecule has 0 bridgehead atoms. The number of hydrogen-bond donors (Lipinski definition) is 2. The van der Waals surface area contributed by atoms with Gasteiger partial charge in [-0.05, 0) is 5.92 Å². The Bertz CT molecular complexity index is 394. The lowest BCUT2D eigenvalue weighted by atomic mass is 10.1. The Balaban J connectivity index is 2.48. The van der Waals surface area contributed by atoms with Crippen molar-refractivity contribution in [2.45, 2.75) is 19.5 Å². The first-order chi connectivity index (χ1) is 7.79. The smallest absolute Gasteiger partial charge is 0.445 e. The van der Waals surface area contributed by atoms with Gasteiger partial charge in [-0.1, -0.05) is 18.3 Å². The third-order valence-corrected chi connectivity index (χ3v) is 2.72. The van der Waals surface area contributed by atoms with Crippen LogP contribution >= 0.6 is 11.3 Å². The number of halogens is 3. The third kappa shape index (κ3) is 4.55. The lowest BCUT2D eigenvalue weighted by Crippen LogP contribution is -2.14. The van der Waals surface area contributed by atoms with Crippen LogP contribution in [-0.2, 0) is 11.0 Å². The van der Waals surface area contributed by atoms with Crippen molar-refractivity contribution in [2.24, 2.45) is 5.92 Å². The highest BCUT2D eigenvalue weighted by atomic mass is 32.1. The fraction of sp³-hybridized carbons (Fsp3) is 0.625. The molecular weight excluding hydrogens is 259 g/mol. The maximum absolute atomic E-state index is 12.2. The topological polar surface area (TPSA) is 75.1 Å². The summed E-state index contributed by atoms with van der Waals surface area (Å²) in [5.41, 5.74) is 0. The monoisotopic (exact) mass is 269 g/mol. The molecule has 0 spiro atoms. The summed E-state index contributed by atoms with van der Waals surface area (Å²) >= 11 is 0.395. The molecule has 0 aliphatic heterocycles. The molecular formula is C8H10F3N3O2S. The van der Waals surface area contributed by atoms with Crippen LogP contribution in [0.25, 0.3) is 0 Å². The molecule has 9 heteroatoms. The van der Waals surface area contributed by atoms with Gasteiger partial charge in [-0.2, -0.15) is 13.2 Å². The quantitative estimate of drug-likeness (QED) is 0.856. The zero-order valence-electron chi connectivity index (χ0n) is 8.78. The van der Waals surface area contributed by atoms with Crippen LogP contribution in [-0.4, -0.2) is 27.8 Å². The number of aromatic nitrogens is 2. The summed E-state index contributed by atoms with van der Waals surface area (Å²) in [6, 6.07) is 0. The SMILES string of the molecule is CC(CNc1nnc(C(F)(F)F)s1)CC(=O)O. The Hall–Kier alpha value is -1.38.